The normalized spacial score (nSPS) is 34.3. The zero-order valence-electron chi connectivity index (χ0n) is 15.9. The molecule has 0 radical (unpaired) electrons. The van der Waals surface area contributed by atoms with Crippen molar-refractivity contribution < 1.29 is 13.2 Å². The van der Waals surface area contributed by atoms with Crippen LogP contribution < -0.4 is 10.6 Å². The van der Waals surface area contributed by atoms with E-state index in [2.05, 4.69) is 10.6 Å². The first kappa shape index (κ1) is 19.7. The van der Waals surface area contributed by atoms with Gasteiger partial charge in [-0.1, -0.05) is 12.1 Å². The summed E-state index contributed by atoms with van der Waals surface area (Å²) >= 11 is 2.03. The Morgan fingerprint density at radius 3 is 2.70 bits per heavy atom. The summed E-state index contributed by atoms with van der Waals surface area (Å²) in [5.74, 6) is 1.77. The fraction of sp³-hybridized carbons (Fsp3) is 0.700. The topological polar surface area (TPSA) is 67.4 Å². The van der Waals surface area contributed by atoms with Gasteiger partial charge >= 0.3 is 0 Å². The highest BCUT2D eigenvalue weighted by atomic mass is 32.2. The zero-order chi connectivity index (χ0) is 18.9. The van der Waals surface area contributed by atoms with Gasteiger partial charge in [0.15, 0.2) is 9.84 Å². The molecule has 5 nitrogen and oxygen atoms in total. The lowest BCUT2D eigenvalue weighted by Gasteiger charge is -2.46. The molecule has 1 aromatic rings. The maximum absolute atomic E-state index is 11.8. The van der Waals surface area contributed by atoms with Gasteiger partial charge in [0.2, 0.25) is 0 Å². The van der Waals surface area contributed by atoms with Gasteiger partial charge in [-0.3, -0.25) is 5.32 Å². The van der Waals surface area contributed by atoms with Crippen LogP contribution in [0.2, 0.25) is 0 Å². The van der Waals surface area contributed by atoms with Gasteiger partial charge in [0.05, 0.1) is 11.5 Å². The second-order valence-electron chi connectivity index (χ2n) is 8.04. The highest BCUT2D eigenvalue weighted by molar-refractivity contribution is 8.00. The van der Waals surface area contributed by atoms with Crippen molar-refractivity contribution in [1.82, 2.24) is 10.6 Å². The van der Waals surface area contributed by atoms with Crippen LogP contribution in [0.5, 0.6) is 0 Å². The van der Waals surface area contributed by atoms with Crippen LogP contribution in [0.3, 0.4) is 0 Å². The minimum atomic E-state index is -3.16. The number of ether oxygens (including phenoxy) is 1. The lowest BCUT2D eigenvalue weighted by molar-refractivity contribution is -0.0327. The van der Waals surface area contributed by atoms with Crippen molar-refractivity contribution in [2.24, 2.45) is 5.92 Å². The number of nitrogens with one attached hydrogen (secondary N) is 2. The van der Waals surface area contributed by atoms with Gasteiger partial charge in [0.1, 0.15) is 6.23 Å². The molecule has 5 unspecified atom stereocenters. The van der Waals surface area contributed by atoms with Crippen molar-refractivity contribution in [3.63, 3.8) is 0 Å². The molecule has 0 spiro atoms. The minimum Gasteiger partial charge on any atom is -0.362 e. The molecule has 1 aromatic carbocycles. The molecule has 150 valence electrons. The summed E-state index contributed by atoms with van der Waals surface area (Å²) in [6.45, 7) is 1.89. The number of rotatable bonds is 5. The second kappa shape index (κ2) is 8.41. The van der Waals surface area contributed by atoms with E-state index in [1.165, 1.54) is 37.7 Å². The smallest absolute Gasteiger partial charge is 0.175 e. The summed E-state index contributed by atoms with van der Waals surface area (Å²) in [7, 11) is -3.16. The molecule has 0 saturated carbocycles. The fourth-order valence-corrected chi connectivity index (χ4v) is 6.44. The number of hydrogen-bond donors (Lipinski definition) is 2. The van der Waals surface area contributed by atoms with Crippen LogP contribution in [-0.4, -0.2) is 51.1 Å². The average Bonchev–Trinajstić information content (AvgIpc) is 3.19. The third-order valence-corrected chi connectivity index (χ3v) is 8.57. The molecule has 3 fully saturated rings. The quantitative estimate of drug-likeness (QED) is 0.778. The molecule has 7 heteroatoms. The summed E-state index contributed by atoms with van der Waals surface area (Å²) in [4.78, 5) is 0.381. The van der Waals surface area contributed by atoms with Crippen molar-refractivity contribution in [2.45, 2.75) is 60.6 Å². The number of fused-ring (bicyclic) bond motifs is 1. The second-order valence-corrected chi connectivity index (χ2v) is 11.5. The Morgan fingerprint density at radius 1 is 1.19 bits per heavy atom. The molecular formula is C20H30N2O3S2. The Hall–Kier alpha value is -0.600. The van der Waals surface area contributed by atoms with Gasteiger partial charge in [0.25, 0.3) is 0 Å². The van der Waals surface area contributed by atoms with Gasteiger partial charge in [-0.2, -0.15) is 11.8 Å². The van der Waals surface area contributed by atoms with E-state index in [0.29, 0.717) is 22.1 Å². The van der Waals surface area contributed by atoms with E-state index in [1.54, 1.807) is 12.1 Å². The van der Waals surface area contributed by atoms with Crippen LogP contribution in [0, 0.1) is 5.92 Å². The molecule has 4 rings (SSSR count). The van der Waals surface area contributed by atoms with Crippen LogP contribution in [0.1, 0.15) is 43.7 Å². The predicted octanol–water partition coefficient (Wildman–Crippen LogP) is 2.73. The molecule has 3 heterocycles. The van der Waals surface area contributed by atoms with E-state index in [-0.39, 0.29) is 12.3 Å². The van der Waals surface area contributed by atoms with E-state index in [9.17, 15) is 8.42 Å². The fourth-order valence-electron chi connectivity index (χ4n) is 4.64. The van der Waals surface area contributed by atoms with Crippen LogP contribution in [0.4, 0.5) is 0 Å². The van der Waals surface area contributed by atoms with Crippen molar-refractivity contribution in [1.29, 1.82) is 0 Å². The summed E-state index contributed by atoms with van der Waals surface area (Å²) in [6.07, 6.45) is 7.25. The Kier molecular flexibility index (Phi) is 6.14. The SMILES string of the molecule is CS(=O)(=O)c1ccc(C2NC(OCC3CCCS3)CC3NCCCC32)cc1. The molecule has 2 N–H and O–H groups in total. The third-order valence-electron chi connectivity index (χ3n) is 6.07. The monoisotopic (exact) mass is 410 g/mol. The highest BCUT2D eigenvalue weighted by Gasteiger charge is 2.40. The molecule has 0 aromatic heterocycles. The molecule has 3 aliphatic rings. The van der Waals surface area contributed by atoms with Gasteiger partial charge in [-0.05, 0) is 61.6 Å². The Labute approximate surface area is 166 Å². The van der Waals surface area contributed by atoms with Gasteiger partial charge in [-0.25, -0.2) is 8.42 Å². The Bertz CT molecular complexity index is 732. The molecule has 0 aliphatic carbocycles. The predicted molar refractivity (Wildman–Crippen MR) is 110 cm³/mol. The number of hydrogen-bond acceptors (Lipinski definition) is 6. The number of sulfone groups is 1. The highest BCUT2D eigenvalue weighted by Crippen LogP contribution is 2.37. The summed E-state index contributed by atoms with van der Waals surface area (Å²) in [6, 6.07) is 8.06. The maximum atomic E-state index is 11.8. The van der Waals surface area contributed by atoms with Gasteiger partial charge in [0, 0.05) is 30.0 Å². The molecule has 3 aliphatic heterocycles. The van der Waals surface area contributed by atoms with E-state index in [0.717, 1.165) is 25.1 Å². The van der Waals surface area contributed by atoms with Gasteiger partial charge < -0.3 is 10.1 Å². The standard InChI is InChI=1S/C20H30N2O3S2/c1-27(23,24)16-8-6-14(7-9-16)20-17-5-2-10-21-18(17)12-19(22-20)25-13-15-4-3-11-26-15/h6-9,15,17-22H,2-5,10-13H2,1H3. The first-order valence-corrected chi connectivity index (χ1v) is 13.0. The molecule has 0 bridgehead atoms. The molecule has 3 saturated heterocycles. The van der Waals surface area contributed by atoms with E-state index < -0.39 is 9.84 Å². The minimum absolute atomic E-state index is 0.0534. The molecular weight excluding hydrogens is 380 g/mol. The third kappa shape index (κ3) is 4.70. The van der Waals surface area contributed by atoms with E-state index >= 15 is 0 Å². The van der Waals surface area contributed by atoms with Crippen molar-refractivity contribution in [3.05, 3.63) is 29.8 Å². The van der Waals surface area contributed by atoms with E-state index in [1.807, 2.05) is 23.9 Å². The van der Waals surface area contributed by atoms with Crippen LogP contribution in [0.15, 0.2) is 29.2 Å². The zero-order valence-corrected chi connectivity index (χ0v) is 17.5. The Balaban J connectivity index is 1.49. The summed E-state index contributed by atoms with van der Waals surface area (Å²) in [5.41, 5.74) is 1.16. The number of benzene rings is 1. The molecule has 27 heavy (non-hydrogen) atoms. The van der Waals surface area contributed by atoms with E-state index in [4.69, 9.17) is 4.74 Å². The van der Waals surface area contributed by atoms with Crippen LogP contribution in [0.25, 0.3) is 0 Å². The van der Waals surface area contributed by atoms with Crippen LogP contribution in [-0.2, 0) is 14.6 Å². The number of thioether (sulfide) groups is 1. The largest absolute Gasteiger partial charge is 0.362 e. The Morgan fingerprint density at radius 2 is 2.00 bits per heavy atom. The molecule has 5 atom stereocenters. The van der Waals surface area contributed by atoms with Crippen LogP contribution >= 0.6 is 11.8 Å². The lowest BCUT2D eigenvalue weighted by Crippen LogP contribution is -2.56. The average molecular weight is 411 g/mol. The van der Waals surface area contributed by atoms with Crippen molar-refractivity contribution in [3.8, 4) is 0 Å². The maximum Gasteiger partial charge on any atom is 0.175 e. The first-order chi connectivity index (χ1) is 13.0. The lowest BCUT2D eigenvalue weighted by atomic mass is 9.77. The summed E-state index contributed by atoms with van der Waals surface area (Å²) in [5, 5.41) is 8.06. The number of piperidine rings is 2. The summed E-state index contributed by atoms with van der Waals surface area (Å²) < 4.78 is 29.8. The first-order valence-electron chi connectivity index (χ1n) is 10.0. The van der Waals surface area contributed by atoms with Crippen molar-refractivity contribution in [2.75, 3.05) is 25.2 Å². The van der Waals surface area contributed by atoms with Gasteiger partial charge in [-0.15, -0.1) is 0 Å². The molecule has 0 amide bonds. The van der Waals surface area contributed by atoms with Crippen molar-refractivity contribution >= 4 is 21.6 Å².